The van der Waals surface area contributed by atoms with Crippen LogP contribution in [0.1, 0.15) is 0 Å². The highest BCUT2D eigenvalue weighted by atomic mass is 35.5. The van der Waals surface area contributed by atoms with E-state index in [2.05, 4.69) is 25.3 Å². The van der Waals surface area contributed by atoms with Gasteiger partial charge in [-0.15, -0.1) is 0 Å². The molecule has 0 bridgehead atoms. The Kier molecular flexibility index (Phi) is 2.38. The Morgan fingerprint density at radius 1 is 1.12 bits per heavy atom. The number of aromatic amines is 1. The van der Waals surface area contributed by atoms with Crippen molar-refractivity contribution in [1.29, 1.82) is 0 Å². The van der Waals surface area contributed by atoms with Gasteiger partial charge in [-0.25, -0.2) is 15.0 Å². The van der Waals surface area contributed by atoms with Crippen LogP contribution in [0.15, 0.2) is 36.9 Å². The van der Waals surface area contributed by atoms with Crippen LogP contribution in [0.2, 0.25) is 5.02 Å². The number of hydrogen-bond acceptors (Lipinski definition) is 4. The Balaban J connectivity index is 2.06. The molecule has 0 unspecified atom stereocenters. The smallest absolute Gasteiger partial charge is 0.182 e. The van der Waals surface area contributed by atoms with Gasteiger partial charge < -0.3 is 10.3 Å². The Morgan fingerprint density at radius 2 is 2.00 bits per heavy atom. The summed E-state index contributed by atoms with van der Waals surface area (Å²) in [7, 11) is 0. The van der Waals surface area contributed by atoms with E-state index in [1.165, 1.54) is 6.33 Å². The molecule has 0 saturated carbocycles. The zero-order valence-electron chi connectivity index (χ0n) is 8.68. The number of rotatable bonds is 2. The van der Waals surface area contributed by atoms with Crippen molar-refractivity contribution in [3.8, 4) is 0 Å². The molecule has 0 aliphatic carbocycles. The largest absolute Gasteiger partial charge is 0.340 e. The summed E-state index contributed by atoms with van der Waals surface area (Å²) in [6.07, 6.45) is 3.04. The molecule has 0 spiro atoms. The lowest BCUT2D eigenvalue weighted by Gasteiger charge is -2.07. The van der Waals surface area contributed by atoms with Crippen molar-refractivity contribution >= 4 is 34.3 Å². The molecule has 3 aromatic rings. The van der Waals surface area contributed by atoms with Gasteiger partial charge in [0.25, 0.3) is 0 Å². The second-order valence-corrected chi connectivity index (χ2v) is 3.84. The summed E-state index contributed by atoms with van der Waals surface area (Å²) in [5, 5.41) is 3.78. The van der Waals surface area contributed by atoms with Gasteiger partial charge >= 0.3 is 0 Å². The highest BCUT2D eigenvalue weighted by Crippen LogP contribution is 2.26. The molecule has 1 aromatic carbocycles. The van der Waals surface area contributed by atoms with Crippen LogP contribution < -0.4 is 5.32 Å². The summed E-state index contributed by atoms with van der Waals surface area (Å²) in [6, 6.07) is 7.47. The first-order valence-electron chi connectivity index (χ1n) is 5.00. The van der Waals surface area contributed by atoms with Crippen LogP contribution in [0.25, 0.3) is 11.2 Å². The van der Waals surface area contributed by atoms with E-state index in [4.69, 9.17) is 11.6 Å². The van der Waals surface area contributed by atoms with Gasteiger partial charge in [0.2, 0.25) is 0 Å². The zero-order valence-corrected chi connectivity index (χ0v) is 9.44. The molecule has 0 saturated heterocycles. The second kappa shape index (κ2) is 4.03. The van der Waals surface area contributed by atoms with Crippen LogP contribution in [-0.4, -0.2) is 19.9 Å². The maximum Gasteiger partial charge on any atom is 0.182 e. The average Bonchev–Trinajstić information content (AvgIpc) is 2.81. The Morgan fingerprint density at radius 3 is 2.88 bits per heavy atom. The number of hydrogen-bond donors (Lipinski definition) is 2. The Labute approximate surface area is 102 Å². The third-order valence-electron chi connectivity index (χ3n) is 2.35. The van der Waals surface area contributed by atoms with E-state index in [9.17, 15) is 0 Å². The minimum atomic E-state index is 0.620. The molecule has 3 rings (SSSR count). The number of nitrogens with one attached hydrogen (secondary N) is 2. The highest BCUT2D eigenvalue weighted by molar-refractivity contribution is 6.33. The van der Waals surface area contributed by atoms with Crippen molar-refractivity contribution in [1.82, 2.24) is 19.9 Å². The fourth-order valence-corrected chi connectivity index (χ4v) is 1.73. The van der Waals surface area contributed by atoms with E-state index in [1.807, 2.05) is 24.3 Å². The maximum absolute atomic E-state index is 6.07. The van der Waals surface area contributed by atoms with Crippen molar-refractivity contribution in [3.63, 3.8) is 0 Å². The predicted octanol–water partition coefficient (Wildman–Crippen LogP) is 2.75. The van der Waals surface area contributed by atoms with Crippen molar-refractivity contribution in [2.75, 3.05) is 5.32 Å². The molecule has 0 atom stereocenters. The molecule has 0 aliphatic rings. The minimum Gasteiger partial charge on any atom is -0.340 e. The van der Waals surface area contributed by atoms with E-state index in [-0.39, 0.29) is 0 Å². The molecule has 0 radical (unpaired) electrons. The first-order chi connectivity index (χ1) is 8.34. The van der Waals surface area contributed by atoms with Crippen LogP contribution >= 0.6 is 11.6 Å². The van der Waals surface area contributed by atoms with Gasteiger partial charge in [0, 0.05) is 0 Å². The molecular weight excluding hydrogens is 238 g/mol. The van der Waals surface area contributed by atoms with Crippen molar-refractivity contribution in [2.45, 2.75) is 0 Å². The van der Waals surface area contributed by atoms with Crippen LogP contribution in [0, 0.1) is 0 Å². The van der Waals surface area contributed by atoms with E-state index in [0.717, 1.165) is 11.2 Å². The standard InChI is InChI=1S/C11H8ClN5/c12-7-3-1-2-4-8(7)17-11-9-10(14-5-13-9)15-6-16-11/h1-6H,(H2,13,14,15,16,17). The van der Waals surface area contributed by atoms with E-state index in [1.54, 1.807) is 6.33 Å². The fourth-order valence-electron chi connectivity index (χ4n) is 1.55. The number of anilines is 2. The third kappa shape index (κ3) is 1.81. The first-order valence-corrected chi connectivity index (χ1v) is 5.38. The number of aromatic nitrogens is 4. The highest BCUT2D eigenvalue weighted by Gasteiger charge is 2.07. The molecule has 84 valence electrons. The van der Waals surface area contributed by atoms with E-state index >= 15 is 0 Å². The molecule has 5 nitrogen and oxygen atoms in total. The van der Waals surface area contributed by atoms with Gasteiger partial charge in [0.05, 0.1) is 17.0 Å². The zero-order chi connectivity index (χ0) is 11.7. The molecular formula is C11H8ClN5. The molecule has 0 amide bonds. The maximum atomic E-state index is 6.07. The molecule has 2 aromatic heterocycles. The summed E-state index contributed by atoms with van der Waals surface area (Å²) in [4.78, 5) is 15.3. The van der Waals surface area contributed by atoms with Gasteiger partial charge in [-0.3, -0.25) is 0 Å². The van der Waals surface area contributed by atoms with Crippen LogP contribution in [-0.2, 0) is 0 Å². The monoisotopic (exact) mass is 245 g/mol. The number of halogens is 1. The number of nitrogens with zero attached hydrogens (tertiary/aromatic N) is 3. The second-order valence-electron chi connectivity index (χ2n) is 3.43. The topological polar surface area (TPSA) is 66.5 Å². The van der Waals surface area contributed by atoms with Crippen molar-refractivity contribution < 1.29 is 0 Å². The summed E-state index contributed by atoms with van der Waals surface area (Å²) in [5.41, 5.74) is 2.17. The predicted molar refractivity (Wildman–Crippen MR) is 66.4 cm³/mol. The number of H-pyrrole nitrogens is 1. The third-order valence-corrected chi connectivity index (χ3v) is 2.68. The molecule has 6 heteroatoms. The quantitative estimate of drug-likeness (QED) is 0.729. The summed E-state index contributed by atoms with van der Waals surface area (Å²) < 4.78 is 0. The van der Waals surface area contributed by atoms with Gasteiger partial charge in [0.1, 0.15) is 11.8 Å². The lowest BCUT2D eigenvalue weighted by Crippen LogP contribution is -1.96. The lowest BCUT2D eigenvalue weighted by atomic mass is 10.3. The SMILES string of the molecule is Clc1ccccc1Nc1ncnc2nc[nH]c12. The van der Waals surface area contributed by atoms with Crippen LogP contribution in [0.5, 0.6) is 0 Å². The van der Waals surface area contributed by atoms with Gasteiger partial charge in [-0.1, -0.05) is 23.7 Å². The average molecular weight is 246 g/mol. The number of para-hydroxylation sites is 1. The van der Waals surface area contributed by atoms with Crippen molar-refractivity contribution in [2.24, 2.45) is 0 Å². The Bertz CT molecular complexity index is 664. The van der Waals surface area contributed by atoms with Crippen molar-refractivity contribution in [3.05, 3.63) is 41.9 Å². The summed E-state index contributed by atoms with van der Waals surface area (Å²) in [6.45, 7) is 0. The van der Waals surface area contributed by atoms with Crippen LogP contribution in [0.4, 0.5) is 11.5 Å². The molecule has 2 N–H and O–H groups in total. The van der Waals surface area contributed by atoms with Crippen LogP contribution in [0.3, 0.4) is 0 Å². The minimum absolute atomic E-state index is 0.620. The first kappa shape index (κ1) is 10.0. The summed E-state index contributed by atoms with van der Waals surface area (Å²) >= 11 is 6.07. The lowest BCUT2D eigenvalue weighted by molar-refractivity contribution is 1.20. The molecule has 17 heavy (non-hydrogen) atoms. The number of fused-ring (bicyclic) bond motifs is 1. The molecule has 2 heterocycles. The van der Waals surface area contributed by atoms with Gasteiger partial charge in [-0.2, -0.15) is 0 Å². The van der Waals surface area contributed by atoms with E-state index in [0.29, 0.717) is 16.5 Å². The number of imidazole rings is 1. The summed E-state index contributed by atoms with van der Waals surface area (Å²) in [5.74, 6) is 0.653. The normalized spacial score (nSPS) is 10.6. The fraction of sp³-hybridized carbons (Fsp3) is 0. The van der Waals surface area contributed by atoms with Gasteiger partial charge in [-0.05, 0) is 12.1 Å². The molecule has 0 aliphatic heterocycles. The van der Waals surface area contributed by atoms with Gasteiger partial charge in [0.15, 0.2) is 11.5 Å². The number of benzene rings is 1. The van der Waals surface area contributed by atoms with E-state index < -0.39 is 0 Å². The Hall–Kier alpha value is -2.14. The molecule has 0 fully saturated rings.